The number of ether oxygens (including phenoxy) is 1. The highest BCUT2D eigenvalue weighted by Gasteiger charge is 2.24. The van der Waals surface area contributed by atoms with Gasteiger partial charge in [-0.05, 0) is 44.9 Å². The molecule has 1 aliphatic heterocycles. The third-order valence-electron chi connectivity index (χ3n) is 3.91. The van der Waals surface area contributed by atoms with E-state index >= 15 is 0 Å². The van der Waals surface area contributed by atoms with Crippen molar-refractivity contribution in [2.75, 3.05) is 11.9 Å². The number of aromatic nitrogens is 2. The van der Waals surface area contributed by atoms with Gasteiger partial charge in [0.1, 0.15) is 6.10 Å². The highest BCUT2D eigenvalue weighted by molar-refractivity contribution is 7.92. The van der Waals surface area contributed by atoms with Gasteiger partial charge < -0.3 is 9.15 Å². The molecule has 1 fully saturated rings. The molecule has 25 heavy (non-hydrogen) atoms. The molecule has 1 saturated heterocycles. The molecule has 0 saturated carbocycles. The molecule has 8 nitrogen and oxygen atoms in total. The molecule has 1 aromatic carbocycles. The van der Waals surface area contributed by atoms with Gasteiger partial charge in [0, 0.05) is 12.2 Å². The second-order valence-corrected chi connectivity index (χ2v) is 8.53. The second-order valence-electron chi connectivity index (χ2n) is 6.02. The summed E-state index contributed by atoms with van der Waals surface area (Å²) in [7, 11) is -3.46. The molecular weight excluding hydrogens is 346 g/mol. The summed E-state index contributed by atoms with van der Waals surface area (Å²) >= 11 is 0. The maximum Gasteiger partial charge on any atom is 0.322 e. The van der Waals surface area contributed by atoms with Crippen molar-refractivity contribution in [2.24, 2.45) is 0 Å². The largest absolute Gasteiger partial charge is 0.405 e. The number of nitrogens with one attached hydrogen (secondary N) is 1. The number of anilines is 1. The van der Waals surface area contributed by atoms with Crippen LogP contribution in [0.1, 0.15) is 49.0 Å². The molecule has 1 atom stereocenters. The van der Waals surface area contributed by atoms with E-state index in [9.17, 15) is 13.2 Å². The number of benzene rings is 1. The van der Waals surface area contributed by atoms with Crippen molar-refractivity contribution in [1.29, 1.82) is 0 Å². The topological polar surface area (TPSA) is 111 Å². The number of carbonyl (C=O) groups excluding carboxylic acids is 1. The lowest BCUT2D eigenvalue weighted by atomic mass is 10.2. The van der Waals surface area contributed by atoms with Crippen LogP contribution < -0.4 is 5.32 Å². The Bertz CT molecular complexity index is 869. The van der Waals surface area contributed by atoms with Gasteiger partial charge in [0.05, 0.1) is 10.1 Å². The van der Waals surface area contributed by atoms with Crippen LogP contribution in [0.2, 0.25) is 0 Å². The summed E-state index contributed by atoms with van der Waals surface area (Å²) in [5, 5.41) is 9.56. The molecule has 1 N–H and O–H groups in total. The number of hydrogen-bond donors (Lipinski definition) is 1. The molecule has 0 spiro atoms. The quantitative estimate of drug-likeness (QED) is 0.865. The van der Waals surface area contributed by atoms with Crippen LogP contribution in [0.5, 0.6) is 0 Å². The zero-order chi connectivity index (χ0) is 18.0. The van der Waals surface area contributed by atoms with Gasteiger partial charge >= 0.3 is 6.01 Å². The number of carbonyl (C=O) groups is 1. The first kappa shape index (κ1) is 17.6. The molecule has 1 aromatic heterocycles. The third kappa shape index (κ3) is 3.72. The highest BCUT2D eigenvalue weighted by Crippen LogP contribution is 2.28. The zero-order valence-corrected chi connectivity index (χ0v) is 14.7. The Morgan fingerprint density at radius 3 is 2.80 bits per heavy atom. The first-order valence-corrected chi connectivity index (χ1v) is 9.53. The molecule has 1 unspecified atom stereocenters. The van der Waals surface area contributed by atoms with E-state index in [0.717, 1.165) is 12.8 Å². The van der Waals surface area contributed by atoms with E-state index in [0.29, 0.717) is 12.5 Å². The SMILES string of the molecule is CC(C)S(=O)(=O)c1cccc(C(=O)Nc2nnc(C3CCCO3)o2)c1. The number of sulfone groups is 1. The average Bonchev–Trinajstić information content (AvgIpc) is 3.26. The van der Waals surface area contributed by atoms with E-state index in [1.165, 1.54) is 24.3 Å². The van der Waals surface area contributed by atoms with Crippen LogP contribution in [0.3, 0.4) is 0 Å². The number of rotatable bonds is 5. The van der Waals surface area contributed by atoms with Crippen LogP contribution in [-0.2, 0) is 14.6 Å². The fraction of sp³-hybridized carbons (Fsp3) is 0.438. The number of hydrogen-bond acceptors (Lipinski definition) is 7. The van der Waals surface area contributed by atoms with Crippen LogP contribution in [0.25, 0.3) is 0 Å². The fourth-order valence-electron chi connectivity index (χ4n) is 2.44. The summed E-state index contributed by atoms with van der Waals surface area (Å²) in [5.74, 6) is -0.202. The summed E-state index contributed by atoms with van der Waals surface area (Å²) < 4.78 is 35.3. The van der Waals surface area contributed by atoms with Crippen LogP contribution in [0.4, 0.5) is 6.01 Å². The van der Waals surface area contributed by atoms with Gasteiger partial charge in [-0.1, -0.05) is 11.2 Å². The smallest absolute Gasteiger partial charge is 0.322 e. The molecule has 2 aromatic rings. The maximum atomic E-state index is 12.3. The summed E-state index contributed by atoms with van der Waals surface area (Å²) in [4.78, 5) is 12.4. The second kappa shape index (κ2) is 6.93. The molecule has 1 amide bonds. The van der Waals surface area contributed by atoms with E-state index in [1.54, 1.807) is 13.8 Å². The van der Waals surface area contributed by atoms with E-state index in [2.05, 4.69) is 15.5 Å². The van der Waals surface area contributed by atoms with Crippen LogP contribution in [0.15, 0.2) is 33.6 Å². The lowest BCUT2D eigenvalue weighted by molar-refractivity contribution is 0.0893. The van der Waals surface area contributed by atoms with Crippen molar-refractivity contribution >= 4 is 21.8 Å². The molecule has 0 bridgehead atoms. The minimum atomic E-state index is -3.46. The van der Waals surface area contributed by atoms with Gasteiger partial charge in [-0.15, -0.1) is 5.10 Å². The van der Waals surface area contributed by atoms with Crippen molar-refractivity contribution in [2.45, 2.75) is 42.9 Å². The molecule has 9 heteroatoms. The lowest BCUT2D eigenvalue weighted by Crippen LogP contribution is -2.16. The van der Waals surface area contributed by atoms with Gasteiger partial charge in [-0.2, -0.15) is 0 Å². The predicted octanol–water partition coefficient (Wildman–Crippen LogP) is 2.36. The lowest BCUT2D eigenvalue weighted by Gasteiger charge is -2.09. The standard InChI is InChI=1S/C16H19N3O5S/c1-10(2)25(21,22)12-6-3-5-11(9-12)14(20)17-16-19-18-15(24-16)13-7-4-8-23-13/h3,5-6,9-10,13H,4,7-8H2,1-2H3,(H,17,19,20). The Hall–Kier alpha value is -2.26. The Kier molecular flexibility index (Phi) is 4.87. The van der Waals surface area contributed by atoms with Gasteiger partial charge in [0.15, 0.2) is 9.84 Å². The molecule has 3 rings (SSSR count). The monoisotopic (exact) mass is 365 g/mol. The third-order valence-corrected chi connectivity index (χ3v) is 6.06. The first-order chi connectivity index (χ1) is 11.9. The summed E-state index contributed by atoms with van der Waals surface area (Å²) in [6.07, 6.45) is 1.48. The maximum absolute atomic E-state index is 12.3. The van der Waals surface area contributed by atoms with Crippen molar-refractivity contribution < 1.29 is 22.4 Å². The Balaban J connectivity index is 1.75. The molecular formula is C16H19N3O5S. The van der Waals surface area contributed by atoms with E-state index in [1.807, 2.05) is 0 Å². The Morgan fingerprint density at radius 1 is 1.32 bits per heavy atom. The number of nitrogens with zero attached hydrogens (tertiary/aromatic N) is 2. The van der Waals surface area contributed by atoms with E-state index < -0.39 is 21.0 Å². The van der Waals surface area contributed by atoms with Gasteiger partial charge in [-0.3, -0.25) is 10.1 Å². The first-order valence-electron chi connectivity index (χ1n) is 7.98. The zero-order valence-electron chi connectivity index (χ0n) is 13.9. The minimum Gasteiger partial charge on any atom is -0.405 e. The fourth-order valence-corrected chi connectivity index (χ4v) is 3.55. The van der Waals surface area contributed by atoms with E-state index in [-0.39, 0.29) is 22.6 Å². The van der Waals surface area contributed by atoms with Crippen molar-refractivity contribution in [3.63, 3.8) is 0 Å². The van der Waals surface area contributed by atoms with Crippen molar-refractivity contribution in [3.8, 4) is 0 Å². The number of amides is 1. The normalized spacial score (nSPS) is 17.8. The van der Waals surface area contributed by atoms with Gasteiger partial charge in [0.25, 0.3) is 5.91 Å². The predicted molar refractivity (Wildman–Crippen MR) is 88.9 cm³/mol. The Labute approximate surface area is 145 Å². The Morgan fingerprint density at radius 2 is 2.12 bits per heavy atom. The van der Waals surface area contributed by atoms with Gasteiger partial charge in [0.2, 0.25) is 5.89 Å². The summed E-state index contributed by atoms with van der Waals surface area (Å²) in [6.45, 7) is 3.83. The summed E-state index contributed by atoms with van der Waals surface area (Å²) in [6, 6.07) is 5.80. The average molecular weight is 365 g/mol. The molecule has 0 aliphatic carbocycles. The van der Waals surface area contributed by atoms with Gasteiger partial charge in [-0.25, -0.2) is 8.42 Å². The molecule has 134 valence electrons. The molecule has 2 heterocycles. The minimum absolute atomic E-state index is 0.0485. The van der Waals surface area contributed by atoms with Crippen LogP contribution in [-0.4, -0.2) is 36.4 Å². The van der Waals surface area contributed by atoms with Crippen molar-refractivity contribution in [1.82, 2.24) is 10.2 Å². The van der Waals surface area contributed by atoms with Crippen molar-refractivity contribution in [3.05, 3.63) is 35.7 Å². The highest BCUT2D eigenvalue weighted by atomic mass is 32.2. The van der Waals surface area contributed by atoms with Crippen LogP contribution in [0, 0.1) is 0 Å². The molecule has 1 aliphatic rings. The van der Waals surface area contributed by atoms with E-state index in [4.69, 9.17) is 9.15 Å². The molecule has 0 radical (unpaired) electrons. The summed E-state index contributed by atoms with van der Waals surface area (Å²) in [5.41, 5.74) is 0.193. The van der Waals surface area contributed by atoms with Crippen LogP contribution >= 0.6 is 0 Å².